The number of methoxy groups -OCH3 is 1. The Morgan fingerprint density at radius 2 is 1.95 bits per heavy atom. The van der Waals surface area contributed by atoms with Crippen molar-refractivity contribution < 1.29 is 19.0 Å². The van der Waals surface area contributed by atoms with Crippen LogP contribution < -0.4 is 10.5 Å². The van der Waals surface area contributed by atoms with Crippen molar-refractivity contribution in [1.82, 2.24) is 0 Å². The quantitative estimate of drug-likeness (QED) is 0.503. The van der Waals surface area contributed by atoms with Crippen LogP contribution in [0.15, 0.2) is 18.2 Å². The molecule has 0 saturated heterocycles. The van der Waals surface area contributed by atoms with E-state index in [0.29, 0.717) is 23.6 Å². The van der Waals surface area contributed by atoms with Crippen LogP contribution in [-0.2, 0) is 9.47 Å². The summed E-state index contributed by atoms with van der Waals surface area (Å²) in [6.45, 7) is 6.38. The van der Waals surface area contributed by atoms with Crippen LogP contribution in [0, 0.1) is 0 Å². The third kappa shape index (κ3) is 5.18. The van der Waals surface area contributed by atoms with Gasteiger partial charge in [-0.15, -0.1) is 0 Å². The number of anilines is 1. The first-order valence-corrected chi connectivity index (χ1v) is 6.08. The normalized spacial score (nSPS) is 11.2. The summed E-state index contributed by atoms with van der Waals surface area (Å²) in [6, 6.07) is 4.80. The second-order valence-corrected chi connectivity index (χ2v) is 5.06. The highest BCUT2D eigenvalue weighted by atomic mass is 16.6. The lowest BCUT2D eigenvalue weighted by atomic mass is 10.2. The molecular weight excluding hydrogens is 246 g/mol. The van der Waals surface area contributed by atoms with E-state index < -0.39 is 5.97 Å². The summed E-state index contributed by atoms with van der Waals surface area (Å²) in [4.78, 5) is 11.9. The van der Waals surface area contributed by atoms with Gasteiger partial charge in [-0.3, -0.25) is 0 Å². The summed E-state index contributed by atoms with van der Waals surface area (Å²) in [5.41, 5.74) is 6.26. The number of rotatable bonds is 5. The van der Waals surface area contributed by atoms with Crippen LogP contribution in [0.2, 0.25) is 0 Å². The van der Waals surface area contributed by atoms with Crippen LogP contribution in [0.4, 0.5) is 5.69 Å². The van der Waals surface area contributed by atoms with Crippen LogP contribution in [0.25, 0.3) is 0 Å². The summed E-state index contributed by atoms with van der Waals surface area (Å²) in [5.74, 6) is -0.0453. The van der Waals surface area contributed by atoms with Crippen LogP contribution >= 0.6 is 0 Å². The van der Waals surface area contributed by atoms with E-state index in [1.165, 1.54) is 7.11 Å². The van der Waals surface area contributed by atoms with Crippen molar-refractivity contribution in [3.63, 3.8) is 0 Å². The number of carbonyl (C=O) groups excluding carboxylic acids is 1. The molecule has 0 radical (unpaired) electrons. The predicted octanol–water partition coefficient (Wildman–Crippen LogP) is 2.25. The summed E-state index contributed by atoms with van der Waals surface area (Å²) in [6.07, 6.45) is 0. The molecule has 0 aromatic heterocycles. The van der Waals surface area contributed by atoms with Crippen molar-refractivity contribution in [2.75, 3.05) is 26.1 Å². The molecule has 0 aliphatic carbocycles. The van der Waals surface area contributed by atoms with Gasteiger partial charge in [0, 0.05) is 11.8 Å². The van der Waals surface area contributed by atoms with Crippen molar-refractivity contribution in [3.05, 3.63) is 23.8 Å². The highest BCUT2D eigenvalue weighted by molar-refractivity contribution is 5.93. The SMILES string of the molecule is COc1cc(N)ccc1C(=O)OCCOC(C)(C)C. The molecule has 1 aromatic rings. The highest BCUT2D eigenvalue weighted by Crippen LogP contribution is 2.22. The molecule has 1 rings (SSSR count). The van der Waals surface area contributed by atoms with E-state index in [2.05, 4.69) is 0 Å². The minimum Gasteiger partial charge on any atom is -0.496 e. The molecule has 0 aliphatic heterocycles. The van der Waals surface area contributed by atoms with Crippen molar-refractivity contribution in [2.24, 2.45) is 0 Å². The lowest BCUT2D eigenvalue weighted by molar-refractivity contribution is -0.0282. The van der Waals surface area contributed by atoms with Gasteiger partial charge in [0.05, 0.1) is 19.3 Å². The zero-order valence-electron chi connectivity index (χ0n) is 11.9. The summed E-state index contributed by atoms with van der Waals surface area (Å²) >= 11 is 0. The number of carbonyl (C=O) groups is 1. The number of esters is 1. The first-order chi connectivity index (χ1) is 8.83. The Bertz CT molecular complexity index is 438. The van der Waals surface area contributed by atoms with Crippen molar-refractivity contribution in [1.29, 1.82) is 0 Å². The molecule has 5 nitrogen and oxygen atoms in total. The van der Waals surface area contributed by atoms with Gasteiger partial charge in [0.2, 0.25) is 0 Å². The first kappa shape index (κ1) is 15.3. The lowest BCUT2D eigenvalue weighted by Gasteiger charge is -2.19. The number of benzene rings is 1. The monoisotopic (exact) mass is 267 g/mol. The molecule has 0 fully saturated rings. The van der Waals surface area contributed by atoms with E-state index in [-0.39, 0.29) is 12.2 Å². The molecule has 1 aromatic carbocycles. The fraction of sp³-hybridized carbons (Fsp3) is 0.500. The Morgan fingerprint density at radius 3 is 2.53 bits per heavy atom. The number of nitrogen functional groups attached to an aromatic ring is 1. The average molecular weight is 267 g/mol. The van der Waals surface area contributed by atoms with E-state index in [9.17, 15) is 4.79 Å². The van der Waals surface area contributed by atoms with E-state index >= 15 is 0 Å². The average Bonchev–Trinajstić information content (AvgIpc) is 2.33. The van der Waals surface area contributed by atoms with Crippen LogP contribution in [0.3, 0.4) is 0 Å². The molecule has 0 heterocycles. The second-order valence-electron chi connectivity index (χ2n) is 5.06. The molecule has 0 bridgehead atoms. The van der Waals surface area contributed by atoms with Crippen molar-refractivity contribution in [2.45, 2.75) is 26.4 Å². The Morgan fingerprint density at radius 1 is 1.26 bits per heavy atom. The van der Waals surface area contributed by atoms with Crippen molar-refractivity contribution >= 4 is 11.7 Å². The van der Waals surface area contributed by atoms with Gasteiger partial charge in [0.1, 0.15) is 17.9 Å². The number of ether oxygens (including phenoxy) is 3. The van der Waals surface area contributed by atoms with Gasteiger partial charge in [0.25, 0.3) is 0 Å². The molecule has 0 atom stereocenters. The van der Waals surface area contributed by atoms with Gasteiger partial charge in [-0.25, -0.2) is 4.79 Å². The molecule has 0 amide bonds. The third-order valence-electron chi connectivity index (χ3n) is 2.30. The smallest absolute Gasteiger partial charge is 0.342 e. The predicted molar refractivity (Wildman–Crippen MR) is 73.4 cm³/mol. The maximum atomic E-state index is 11.9. The zero-order valence-corrected chi connectivity index (χ0v) is 11.9. The zero-order chi connectivity index (χ0) is 14.5. The topological polar surface area (TPSA) is 70.8 Å². The largest absolute Gasteiger partial charge is 0.496 e. The van der Waals surface area contributed by atoms with E-state index in [1.807, 2.05) is 20.8 Å². The molecule has 5 heteroatoms. The van der Waals surface area contributed by atoms with E-state index in [4.69, 9.17) is 19.9 Å². The summed E-state index contributed by atoms with van der Waals surface area (Å²) in [5, 5.41) is 0. The van der Waals surface area contributed by atoms with Crippen LogP contribution in [0.5, 0.6) is 5.75 Å². The van der Waals surface area contributed by atoms with E-state index in [1.54, 1.807) is 18.2 Å². The Hall–Kier alpha value is -1.75. The number of hydrogen-bond donors (Lipinski definition) is 1. The fourth-order valence-corrected chi connectivity index (χ4v) is 1.44. The molecular formula is C14H21NO4. The summed E-state index contributed by atoms with van der Waals surface area (Å²) in [7, 11) is 1.48. The molecule has 0 saturated carbocycles. The van der Waals surface area contributed by atoms with Crippen LogP contribution in [-0.4, -0.2) is 31.9 Å². The maximum absolute atomic E-state index is 11.9. The first-order valence-electron chi connectivity index (χ1n) is 6.08. The van der Waals surface area contributed by atoms with Gasteiger partial charge in [-0.05, 0) is 32.9 Å². The molecule has 0 aliphatic rings. The van der Waals surface area contributed by atoms with Crippen molar-refractivity contribution in [3.8, 4) is 5.75 Å². The molecule has 0 unspecified atom stereocenters. The van der Waals surface area contributed by atoms with Gasteiger partial charge in [-0.2, -0.15) is 0 Å². The molecule has 106 valence electrons. The fourth-order valence-electron chi connectivity index (χ4n) is 1.44. The summed E-state index contributed by atoms with van der Waals surface area (Å²) < 4.78 is 15.7. The minimum atomic E-state index is -0.450. The van der Waals surface area contributed by atoms with Gasteiger partial charge >= 0.3 is 5.97 Å². The van der Waals surface area contributed by atoms with Crippen LogP contribution in [0.1, 0.15) is 31.1 Å². The maximum Gasteiger partial charge on any atom is 0.342 e. The Kier molecular flexibility index (Phi) is 5.18. The standard InChI is InChI=1S/C14H21NO4/c1-14(2,3)19-8-7-18-13(16)11-6-5-10(15)9-12(11)17-4/h5-6,9H,7-8,15H2,1-4H3. The third-order valence-corrected chi connectivity index (χ3v) is 2.30. The Labute approximate surface area is 113 Å². The minimum absolute atomic E-state index is 0.198. The number of nitrogens with two attached hydrogens (primary N) is 1. The molecule has 19 heavy (non-hydrogen) atoms. The van der Waals surface area contributed by atoms with E-state index in [0.717, 1.165) is 0 Å². The Balaban J connectivity index is 2.54. The van der Waals surface area contributed by atoms with Gasteiger partial charge in [-0.1, -0.05) is 0 Å². The second kappa shape index (κ2) is 6.43. The van der Waals surface area contributed by atoms with Gasteiger partial charge < -0.3 is 19.9 Å². The number of hydrogen-bond acceptors (Lipinski definition) is 5. The molecule has 2 N–H and O–H groups in total. The lowest BCUT2D eigenvalue weighted by Crippen LogP contribution is -2.22. The highest BCUT2D eigenvalue weighted by Gasteiger charge is 2.15. The molecule has 0 spiro atoms. The van der Waals surface area contributed by atoms with Gasteiger partial charge in [0.15, 0.2) is 0 Å².